The molecular weight excluding hydrogens is 328 g/mol. The third-order valence-electron chi connectivity index (χ3n) is 4.82. The zero-order valence-electron chi connectivity index (χ0n) is 15.8. The van der Waals surface area contributed by atoms with Gasteiger partial charge < -0.3 is 15.2 Å². The van der Waals surface area contributed by atoms with Crippen LogP contribution in [0.5, 0.6) is 0 Å². The molecule has 1 aromatic heterocycles. The number of nitrogens with zero attached hydrogens (tertiary/aromatic N) is 2. The Balaban J connectivity index is 1.53. The van der Waals surface area contributed by atoms with E-state index in [1.54, 1.807) is 0 Å². The molecule has 0 bridgehead atoms. The molecule has 2 N–H and O–H groups in total. The largest absolute Gasteiger partial charge is 0.337 e. The molecule has 0 atom stereocenters. The van der Waals surface area contributed by atoms with E-state index in [4.69, 9.17) is 4.52 Å². The van der Waals surface area contributed by atoms with Crippen molar-refractivity contribution in [2.24, 2.45) is 0 Å². The first-order chi connectivity index (χ1) is 12.4. The molecule has 0 spiro atoms. The van der Waals surface area contributed by atoms with Crippen LogP contribution in [-0.2, 0) is 12.0 Å². The van der Waals surface area contributed by atoms with E-state index in [-0.39, 0.29) is 24.0 Å². The van der Waals surface area contributed by atoms with Gasteiger partial charge >= 0.3 is 6.03 Å². The molecule has 26 heavy (non-hydrogen) atoms. The van der Waals surface area contributed by atoms with Gasteiger partial charge in [0.1, 0.15) is 0 Å². The molecule has 0 saturated heterocycles. The molecule has 1 saturated carbocycles. The molecule has 1 aliphatic rings. The normalized spacial score (nSPS) is 15.7. The van der Waals surface area contributed by atoms with Crippen molar-refractivity contribution in [2.75, 3.05) is 0 Å². The number of aromatic nitrogens is 2. The van der Waals surface area contributed by atoms with Crippen molar-refractivity contribution in [3.63, 3.8) is 0 Å². The minimum absolute atomic E-state index is 0.108. The molecule has 1 fully saturated rings. The Bertz CT molecular complexity index is 725. The number of rotatable bonds is 4. The van der Waals surface area contributed by atoms with E-state index in [2.05, 4.69) is 53.7 Å². The monoisotopic (exact) mass is 356 g/mol. The second-order valence-corrected chi connectivity index (χ2v) is 8.00. The van der Waals surface area contributed by atoms with Crippen molar-refractivity contribution in [3.8, 4) is 11.4 Å². The van der Waals surface area contributed by atoms with Crippen molar-refractivity contribution in [3.05, 3.63) is 35.7 Å². The Hall–Kier alpha value is -2.37. The Morgan fingerprint density at radius 1 is 1.15 bits per heavy atom. The summed E-state index contributed by atoms with van der Waals surface area (Å²) < 4.78 is 5.25. The molecule has 6 nitrogen and oxygen atoms in total. The van der Waals surface area contributed by atoms with Gasteiger partial charge in [-0.3, -0.25) is 0 Å². The number of urea groups is 1. The predicted molar refractivity (Wildman–Crippen MR) is 101 cm³/mol. The maximum absolute atomic E-state index is 12.0. The summed E-state index contributed by atoms with van der Waals surface area (Å²) in [4.78, 5) is 16.4. The third-order valence-corrected chi connectivity index (χ3v) is 4.82. The Labute approximate surface area is 154 Å². The van der Waals surface area contributed by atoms with E-state index >= 15 is 0 Å². The van der Waals surface area contributed by atoms with Gasteiger partial charge in [0.15, 0.2) is 0 Å². The van der Waals surface area contributed by atoms with Gasteiger partial charge in [-0.05, 0) is 23.8 Å². The number of nitrogens with one attached hydrogen (secondary N) is 2. The van der Waals surface area contributed by atoms with E-state index in [1.807, 2.05) is 12.1 Å². The van der Waals surface area contributed by atoms with Gasteiger partial charge in [0.25, 0.3) is 0 Å². The van der Waals surface area contributed by atoms with Gasteiger partial charge in [-0.1, -0.05) is 69.5 Å². The first-order valence-corrected chi connectivity index (χ1v) is 9.40. The highest BCUT2D eigenvalue weighted by atomic mass is 16.5. The van der Waals surface area contributed by atoms with Crippen molar-refractivity contribution in [2.45, 2.75) is 70.9 Å². The summed E-state index contributed by atoms with van der Waals surface area (Å²) in [7, 11) is 0. The van der Waals surface area contributed by atoms with Crippen LogP contribution in [0.4, 0.5) is 4.79 Å². The van der Waals surface area contributed by atoms with E-state index in [0.717, 1.165) is 18.4 Å². The van der Waals surface area contributed by atoms with Gasteiger partial charge in [0, 0.05) is 11.6 Å². The summed E-state index contributed by atoms with van der Waals surface area (Å²) in [5, 5.41) is 9.82. The predicted octanol–water partition coefficient (Wildman–Crippen LogP) is 4.17. The van der Waals surface area contributed by atoms with Gasteiger partial charge in [0.2, 0.25) is 11.7 Å². The highest BCUT2D eigenvalue weighted by molar-refractivity contribution is 5.74. The van der Waals surface area contributed by atoms with Crippen molar-refractivity contribution < 1.29 is 9.32 Å². The maximum Gasteiger partial charge on any atom is 0.315 e. The van der Waals surface area contributed by atoms with Crippen molar-refractivity contribution in [1.82, 2.24) is 20.8 Å². The first-order valence-electron chi connectivity index (χ1n) is 9.40. The zero-order chi connectivity index (χ0) is 18.6. The van der Waals surface area contributed by atoms with Crippen LogP contribution in [0.25, 0.3) is 11.4 Å². The fourth-order valence-corrected chi connectivity index (χ4v) is 3.20. The minimum atomic E-state index is -0.175. The van der Waals surface area contributed by atoms with Crippen LogP contribution in [0.1, 0.15) is 64.3 Å². The van der Waals surface area contributed by atoms with Gasteiger partial charge in [-0.15, -0.1) is 0 Å². The lowest BCUT2D eigenvalue weighted by atomic mass is 9.87. The first kappa shape index (κ1) is 18.4. The average Bonchev–Trinajstić information content (AvgIpc) is 3.09. The molecule has 0 aliphatic heterocycles. The van der Waals surface area contributed by atoms with Crippen LogP contribution >= 0.6 is 0 Å². The number of hydrogen-bond acceptors (Lipinski definition) is 4. The highest BCUT2D eigenvalue weighted by Crippen LogP contribution is 2.25. The fourth-order valence-electron chi connectivity index (χ4n) is 3.20. The van der Waals surface area contributed by atoms with Crippen molar-refractivity contribution >= 4 is 6.03 Å². The smallest absolute Gasteiger partial charge is 0.315 e. The summed E-state index contributed by atoms with van der Waals surface area (Å²) in [6, 6.07) is 8.27. The Kier molecular flexibility index (Phi) is 5.59. The lowest BCUT2D eigenvalue weighted by Gasteiger charge is -2.22. The van der Waals surface area contributed by atoms with Crippen LogP contribution in [0.2, 0.25) is 0 Å². The fraction of sp³-hybridized carbons (Fsp3) is 0.550. The van der Waals surface area contributed by atoms with Crippen LogP contribution < -0.4 is 10.6 Å². The van der Waals surface area contributed by atoms with E-state index in [1.165, 1.54) is 24.8 Å². The van der Waals surface area contributed by atoms with Crippen LogP contribution in [0.3, 0.4) is 0 Å². The number of carbonyl (C=O) groups is 1. The molecule has 1 heterocycles. The van der Waals surface area contributed by atoms with Crippen molar-refractivity contribution in [1.29, 1.82) is 0 Å². The SMILES string of the molecule is CC(C)(C)c1ccc(-c2noc(CNC(=O)NC3CCCCC3)n2)cc1. The van der Waals surface area contributed by atoms with Crippen LogP contribution in [-0.4, -0.2) is 22.2 Å². The highest BCUT2D eigenvalue weighted by Gasteiger charge is 2.17. The molecule has 0 radical (unpaired) electrons. The molecule has 0 unspecified atom stereocenters. The number of hydrogen-bond donors (Lipinski definition) is 2. The average molecular weight is 356 g/mol. The van der Waals surface area contributed by atoms with Gasteiger partial charge in [-0.2, -0.15) is 4.98 Å². The van der Waals surface area contributed by atoms with E-state index < -0.39 is 0 Å². The Morgan fingerprint density at radius 2 is 1.85 bits per heavy atom. The summed E-state index contributed by atoms with van der Waals surface area (Å²) >= 11 is 0. The molecule has 2 amide bonds. The second kappa shape index (κ2) is 7.89. The topological polar surface area (TPSA) is 80.0 Å². The lowest BCUT2D eigenvalue weighted by Crippen LogP contribution is -2.42. The Morgan fingerprint density at radius 3 is 2.50 bits per heavy atom. The van der Waals surface area contributed by atoms with Crippen LogP contribution in [0.15, 0.2) is 28.8 Å². The minimum Gasteiger partial charge on any atom is -0.337 e. The number of carbonyl (C=O) groups excluding carboxylic acids is 1. The standard InChI is InChI=1S/C20H28N4O2/c1-20(2,3)15-11-9-14(10-12-15)18-23-17(26-24-18)13-21-19(25)22-16-7-5-4-6-8-16/h9-12,16H,4-8,13H2,1-3H3,(H2,21,22,25). The maximum atomic E-state index is 12.0. The van der Waals surface area contributed by atoms with E-state index in [0.29, 0.717) is 11.7 Å². The molecule has 2 aromatic rings. The second-order valence-electron chi connectivity index (χ2n) is 8.00. The number of benzene rings is 1. The summed E-state index contributed by atoms with van der Waals surface area (Å²) in [6.45, 7) is 6.77. The molecule has 6 heteroatoms. The molecule has 1 aromatic carbocycles. The lowest BCUT2D eigenvalue weighted by molar-refractivity contribution is 0.230. The third kappa shape index (κ3) is 4.84. The number of amides is 2. The summed E-state index contributed by atoms with van der Waals surface area (Å²) in [5.41, 5.74) is 2.27. The quantitative estimate of drug-likeness (QED) is 0.862. The van der Waals surface area contributed by atoms with Gasteiger partial charge in [-0.25, -0.2) is 4.79 Å². The van der Waals surface area contributed by atoms with Gasteiger partial charge in [0.05, 0.1) is 6.54 Å². The molecule has 140 valence electrons. The zero-order valence-corrected chi connectivity index (χ0v) is 15.8. The summed E-state index contributed by atoms with van der Waals surface area (Å²) in [5.74, 6) is 0.939. The van der Waals surface area contributed by atoms with Crippen LogP contribution in [0, 0.1) is 0 Å². The van der Waals surface area contributed by atoms with E-state index in [9.17, 15) is 4.79 Å². The molecular formula is C20H28N4O2. The molecule has 1 aliphatic carbocycles. The molecule has 3 rings (SSSR count). The summed E-state index contributed by atoms with van der Waals surface area (Å²) in [6.07, 6.45) is 5.75.